The lowest BCUT2D eigenvalue weighted by molar-refractivity contribution is -0.143. The molecule has 0 radical (unpaired) electrons. The van der Waals surface area contributed by atoms with Gasteiger partial charge in [-0.2, -0.15) is 0 Å². The Morgan fingerprint density at radius 2 is 1.86 bits per heavy atom. The normalized spacial score (nSPS) is 11.1. The van der Waals surface area contributed by atoms with Crippen molar-refractivity contribution >= 4 is 41.2 Å². The third-order valence-electron chi connectivity index (χ3n) is 2.62. The van der Waals surface area contributed by atoms with Gasteiger partial charge in [-0.15, -0.1) is 0 Å². The Kier molecular flexibility index (Phi) is 6.72. The van der Waals surface area contributed by atoms with Crippen LogP contribution >= 0.6 is 23.2 Å². The van der Waals surface area contributed by atoms with E-state index in [9.17, 15) is 9.59 Å². The van der Waals surface area contributed by atoms with Crippen LogP contribution < -0.4 is 0 Å². The first kappa shape index (κ1) is 17.5. The van der Waals surface area contributed by atoms with Crippen molar-refractivity contribution in [1.82, 2.24) is 4.90 Å². The molecule has 1 aromatic carbocycles. The lowest BCUT2D eigenvalue weighted by atomic mass is 10.2. The molecule has 114 valence electrons. The van der Waals surface area contributed by atoms with Gasteiger partial charge in [-0.05, 0) is 24.1 Å². The summed E-state index contributed by atoms with van der Waals surface area (Å²) in [6, 6.07) is 5.04. The van der Waals surface area contributed by atoms with Crippen LogP contribution in [0.5, 0.6) is 0 Å². The number of halogens is 2. The molecule has 0 aliphatic carbocycles. The zero-order valence-corrected chi connectivity index (χ0v) is 13.4. The summed E-state index contributed by atoms with van der Waals surface area (Å²) < 4.78 is 0. The minimum Gasteiger partial charge on any atom is -0.480 e. The topological polar surface area (TPSA) is 57.6 Å². The van der Waals surface area contributed by atoms with Gasteiger partial charge < -0.3 is 10.0 Å². The van der Waals surface area contributed by atoms with Crippen LogP contribution in [0, 0.1) is 5.92 Å². The highest BCUT2D eigenvalue weighted by molar-refractivity contribution is 6.37. The fourth-order valence-corrected chi connectivity index (χ4v) is 2.29. The lowest BCUT2D eigenvalue weighted by Crippen LogP contribution is -2.37. The average molecular weight is 330 g/mol. The fraction of sp³-hybridized carbons (Fsp3) is 0.333. The second kappa shape index (κ2) is 8.05. The number of rotatable bonds is 6. The molecule has 1 amide bonds. The van der Waals surface area contributed by atoms with E-state index in [2.05, 4.69) is 0 Å². The molecule has 0 bridgehead atoms. The predicted octanol–water partition coefficient (Wildman–Crippen LogP) is 3.58. The number of amides is 1. The molecule has 0 saturated carbocycles. The molecule has 0 aromatic heterocycles. The van der Waals surface area contributed by atoms with Crippen molar-refractivity contribution in [2.24, 2.45) is 5.92 Å². The van der Waals surface area contributed by atoms with Crippen LogP contribution in [0.25, 0.3) is 6.08 Å². The summed E-state index contributed by atoms with van der Waals surface area (Å²) in [7, 11) is 0. The minimum atomic E-state index is -1.05. The van der Waals surface area contributed by atoms with E-state index in [0.717, 1.165) is 0 Å². The molecule has 1 N–H and O–H groups in total. The molecule has 6 heteroatoms. The van der Waals surface area contributed by atoms with Crippen molar-refractivity contribution in [1.29, 1.82) is 0 Å². The van der Waals surface area contributed by atoms with E-state index in [1.165, 1.54) is 17.1 Å². The molecule has 0 spiro atoms. The van der Waals surface area contributed by atoms with E-state index in [0.29, 0.717) is 22.2 Å². The first-order valence-corrected chi connectivity index (χ1v) is 7.19. The molecule has 0 aliphatic heterocycles. The van der Waals surface area contributed by atoms with Crippen LogP contribution in [0.4, 0.5) is 0 Å². The van der Waals surface area contributed by atoms with E-state index in [1.807, 2.05) is 13.8 Å². The van der Waals surface area contributed by atoms with Crippen LogP contribution in [-0.4, -0.2) is 35.0 Å². The molecule has 1 rings (SSSR count). The number of aliphatic carboxylic acids is 1. The molecule has 0 saturated heterocycles. The first-order valence-electron chi connectivity index (χ1n) is 6.44. The first-order chi connectivity index (χ1) is 9.81. The third kappa shape index (κ3) is 5.78. The molecule has 0 unspecified atom stereocenters. The number of carbonyl (C=O) groups is 2. The minimum absolute atomic E-state index is 0.172. The standard InChI is InChI=1S/C15H17Cl2NO3/c1-10(2)8-18(9-15(20)21)14(19)7-6-11-12(16)4-3-5-13(11)17/h3-7,10H,8-9H2,1-2H3,(H,20,21). The average Bonchev–Trinajstić information content (AvgIpc) is 2.36. The molecule has 0 fully saturated rings. The van der Waals surface area contributed by atoms with Crippen LogP contribution in [-0.2, 0) is 9.59 Å². The van der Waals surface area contributed by atoms with Crippen molar-refractivity contribution in [2.45, 2.75) is 13.8 Å². The largest absolute Gasteiger partial charge is 0.480 e. The monoisotopic (exact) mass is 329 g/mol. The summed E-state index contributed by atoms with van der Waals surface area (Å²) in [6.45, 7) is 3.86. The lowest BCUT2D eigenvalue weighted by Gasteiger charge is -2.21. The fourth-order valence-electron chi connectivity index (χ4n) is 1.77. The number of nitrogens with zero attached hydrogens (tertiary/aromatic N) is 1. The van der Waals surface area contributed by atoms with E-state index in [1.54, 1.807) is 18.2 Å². The van der Waals surface area contributed by atoms with Gasteiger partial charge in [0.2, 0.25) is 5.91 Å². The summed E-state index contributed by atoms with van der Waals surface area (Å²) in [5, 5.41) is 9.72. The van der Waals surface area contributed by atoms with Crippen molar-refractivity contribution in [3.8, 4) is 0 Å². The van der Waals surface area contributed by atoms with E-state index in [-0.39, 0.29) is 18.4 Å². The van der Waals surface area contributed by atoms with Crippen molar-refractivity contribution in [3.05, 3.63) is 39.9 Å². The summed E-state index contributed by atoms with van der Waals surface area (Å²) in [5.41, 5.74) is 0.536. The number of carbonyl (C=O) groups excluding carboxylic acids is 1. The van der Waals surface area contributed by atoms with Crippen LogP contribution in [0.2, 0.25) is 10.0 Å². The van der Waals surface area contributed by atoms with Gasteiger partial charge in [0.15, 0.2) is 0 Å². The van der Waals surface area contributed by atoms with Gasteiger partial charge in [-0.3, -0.25) is 9.59 Å². The smallest absolute Gasteiger partial charge is 0.323 e. The Labute approximate surface area is 134 Å². The summed E-state index contributed by atoms with van der Waals surface area (Å²) in [4.78, 5) is 24.2. The quantitative estimate of drug-likeness (QED) is 0.811. The molecule has 0 atom stereocenters. The summed E-state index contributed by atoms with van der Waals surface area (Å²) >= 11 is 12.0. The molecule has 4 nitrogen and oxygen atoms in total. The Bertz CT molecular complexity index is 536. The molecule has 21 heavy (non-hydrogen) atoms. The Morgan fingerprint density at radius 1 is 1.29 bits per heavy atom. The van der Waals surface area contributed by atoms with Crippen LogP contribution in [0.1, 0.15) is 19.4 Å². The summed E-state index contributed by atoms with van der Waals surface area (Å²) in [6.07, 6.45) is 2.79. The zero-order valence-electron chi connectivity index (χ0n) is 11.8. The number of hydrogen-bond acceptors (Lipinski definition) is 2. The second-order valence-corrected chi connectivity index (χ2v) is 5.79. The maximum Gasteiger partial charge on any atom is 0.323 e. The maximum atomic E-state index is 12.1. The Balaban J connectivity index is 2.90. The molecule has 0 aliphatic rings. The Hall–Kier alpha value is -1.52. The predicted molar refractivity (Wildman–Crippen MR) is 84.5 cm³/mol. The van der Waals surface area contributed by atoms with Crippen molar-refractivity contribution in [2.75, 3.05) is 13.1 Å². The zero-order chi connectivity index (χ0) is 16.0. The van der Waals surface area contributed by atoms with E-state index < -0.39 is 5.97 Å². The van der Waals surface area contributed by atoms with E-state index >= 15 is 0 Å². The van der Waals surface area contributed by atoms with Crippen LogP contribution in [0.15, 0.2) is 24.3 Å². The highest BCUT2D eigenvalue weighted by Gasteiger charge is 2.15. The van der Waals surface area contributed by atoms with Gasteiger partial charge in [0.05, 0.1) is 0 Å². The van der Waals surface area contributed by atoms with Gasteiger partial charge in [-0.1, -0.05) is 43.1 Å². The molecule has 1 aromatic rings. The van der Waals surface area contributed by atoms with Gasteiger partial charge in [0.25, 0.3) is 0 Å². The molecule has 0 heterocycles. The van der Waals surface area contributed by atoms with Gasteiger partial charge in [0, 0.05) is 28.2 Å². The highest BCUT2D eigenvalue weighted by atomic mass is 35.5. The number of carboxylic acids is 1. The number of hydrogen-bond donors (Lipinski definition) is 1. The highest BCUT2D eigenvalue weighted by Crippen LogP contribution is 2.25. The van der Waals surface area contributed by atoms with E-state index in [4.69, 9.17) is 28.3 Å². The number of carboxylic acid groups (broad SMARTS) is 1. The van der Waals surface area contributed by atoms with Crippen molar-refractivity contribution in [3.63, 3.8) is 0 Å². The molecular weight excluding hydrogens is 313 g/mol. The maximum absolute atomic E-state index is 12.1. The van der Waals surface area contributed by atoms with Gasteiger partial charge >= 0.3 is 5.97 Å². The summed E-state index contributed by atoms with van der Waals surface area (Å²) in [5.74, 6) is -1.26. The molecular formula is C15H17Cl2NO3. The second-order valence-electron chi connectivity index (χ2n) is 4.98. The SMILES string of the molecule is CC(C)CN(CC(=O)O)C(=O)C=Cc1c(Cl)cccc1Cl. The number of benzene rings is 1. The third-order valence-corrected chi connectivity index (χ3v) is 3.27. The van der Waals surface area contributed by atoms with Crippen molar-refractivity contribution < 1.29 is 14.7 Å². The Morgan fingerprint density at radius 3 is 2.33 bits per heavy atom. The van der Waals surface area contributed by atoms with Gasteiger partial charge in [-0.25, -0.2) is 0 Å². The van der Waals surface area contributed by atoms with Crippen LogP contribution in [0.3, 0.4) is 0 Å². The van der Waals surface area contributed by atoms with Gasteiger partial charge in [0.1, 0.15) is 6.54 Å².